The Kier molecular flexibility index (Phi) is 7.05. The molecule has 8 heteroatoms. The Balaban J connectivity index is 2.33. The van der Waals surface area contributed by atoms with Gasteiger partial charge in [0.2, 0.25) is 15.9 Å². The van der Waals surface area contributed by atoms with Crippen LogP contribution in [0.3, 0.4) is 0 Å². The number of nitriles is 1. The van der Waals surface area contributed by atoms with Crippen LogP contribution < -0.4 is 9.62 Å². The second kappa shape index (κ2) is 9.09. The third-order valence-corrected chi connectivity index (χ3v) is 5.83. The summed E-state index contributed by atoms with van der Waals surface area (Å²) in [5.74, 6) is -0.447. The molecule has 0 bridgehead atoms. The minimum absolute atomic E-state index is 0.275. The molecule has 0 aromatic heterocycles. The third-order valence-electron chi connectivity index (χ3n) is 4.24. The summed E-state index contributed by atoms with van der Waals surface area (Å²) in [4.78, 5) is 12.9. The van der Waals surface area contributed by atoms with E-state index in [0.717, 1.165) is 21.7 Å². The Hall–Kier alpha value is -2.56. The molecular formula is C20H22ClN3O3S. The summed E-state index contributed by atoms with van der Waals surface area (Å²) in [6.45, 7) is 3.56. The standard InChI is InChI=1S/C20H22ClN3O3S/c1-4-19(20(25)23-16-8-6-15(7-9-16)11-12-22)24(28(3,26)27)17-10-5-14(2)18(21)13-17/h5-10,13,19H,4,11H2,1-3H3,(H,23,25)/t19-/m1/s1. The number of aryl methyl sites for hydroxylation is 1. The van der Waals surface area contributed by atoms with Crippen LogP contribution in [-0.2, 0) is 21.2 Å². The van der Waals surface area contributed by atoms with Gasteiger partial charge < -0.3 is 5.32 Å². The first-order chi connectivity index (χ1) is 13.2. The average molecular weight is 420 g/mol. The Bertz CT molecular complexity index is 998. The summed E-state index contributed by atoms with van der Waals surface area (Å²) in [7, 11) is -3.73. The SMILES string of the molecule is CC[C@H](C(=O)Nc1ccc(CC#N)cc1)N(c1ccc(C)c(Cl)c1)S(C)(=O)=O. The average Bonchev–Trinajstić information content (AvgIpc) is 2.63. The van der Waals surface area contributed by atoms with Gasteiger partial charge in [-0.25, -0.2) is 8.42 Å². The molecule has 0 aliphatic rings. The number of carbonyl (C=O) groups is 1. The maximum absolute atomic E-state index is 12.9. The van der Waals surface area contributed by atoms with Crippen LogP contribution in [0.25, 0.3) is 0 Å². The highest BCUT2D eigenvalue weighted by Gasteiger charge is 2.31. The number of nitrogens with one attached hydrogen (secondary N) is 1. The van der Waals surface area contributed by atoms with Crippen molar-refractivity contribution in [3.8, 4) is 6.07 Å². The summed E-state index contributed by atoms with van der Waals surface area (Å²) in [6, 6.07) is 12.9. The molecule has 2 aromatic carbocycles. The first-order valence-electron chi connectivity index (χ1n) is 8.69. The van der Waals surface area contributed by atoms with E-state index >= 15 is 0 Å². The molecule has 0 saturated carbocycles. The van der Waals surface area contributed by atoms with Gasteiger partial charge in [-0.2, -0.15) is 5.26 Å². The lowest BCUT2D eigenvalue weighted by Gasteiger charge is -2.30. The van der Waals surface area contributed by atoms with Gasteiger partial charge in [0, 0.05) is 10.7 Å². The molecule has 2 aromatic rings. The summed E-state index contributed by atoms with van der Waals surface area (Å²) in [5.41, 5.74) is 2.51. The fraction of sp³-hybridized carbons (Fsp3) is 0.300. The molecule has 1 N–H and O–H groups in total. The van der Waals surface area contributed by atoms with Gasteiger partial charge in [-0.3, -0.25) is 9.10 Å². The van der Waals surface area contributed by atoms with Crippen LogP contribution in [0, 0.1) is 18.3 Å². The molecule has 0 spiro atoms. The van der Waals surface area contributed by atoms with Crippen molar-refractivity contribution in [3.63, 3.8) is 0 Å². The molecule has 0 aliphatic carbocycles. The van der Waals surface area contributed by atoms with Crippen LogP contribution in [0.4, 0.5) is 11.4 Å². The molecule has 1 atom stereocenters. The topological polar surface area (TPSA) is 90.3 Å². The molecule has 2 rings (SSSR count). The molecule has 0 heterocycles. The van der Waals surface area contributed by atoms with Crippen molar-refractivity contribution in [1.29, 1.82) is 5.26 Å². The summed E-state index contributed by atoms with van der Waals surface area (Å²) >= 11 is 6.16. The van der Waals surface area contributed by atoms with Crippen LogP contribution in [-0.4, -0.2) is 26.6 Å². The normalized spacial score (nSPS) is 12.1. The number of amides is 1. The minimum Gasteiger partial charge on any atom is -0.324 e. The Labute approximate surface area is 170 Å². The lowest BCUT2D eigenvalue weighted by atomic mass is 10.1. The zero-order chi connectivity index (χ0) is 20.9. The summed E-state index contributed by atoms with van der Waals surface area (Å²) in [5, 5.41) is 11.9. The van der Waals surface area contributed by atoms with E-state index in [4.69, 9.17) is 16.9 Å². The molecule has 0 saturated heterocycles. The fourth-order valence-corrected chi connectivity index (χ4v) is 4.18. The first kappa shape index (κ1) is 21.7. The molecule has 0 radical (unpaired) electrons. The smallest absolute Gasteiger partial charge is 0.248 e. The lowest BCUT2D eigenvalue weighted by Crippen LogP contribution is -2.47. The third kappa shape index (κ3) is 5.24. The Morgan fingerprint density at radius 1 is 1.25 bits per heavy atom. The van der Waals surface area contributed by atoms with Gasteiger partial charge in [-0.15, -0.1) is 0 Å². The van der Waals surface area contributed by atoms with Gasteiger partial charge in [0.15, 0.2) is 0 Å². The van der Waals surface area contributed by atoms with Gasteiger partial charge >= 0.3 is 0 Å². The lowest BCUT2D eigenvalue weighted by molar-refractivity contribution is -0.117. The number of carbonyl (C=O) groups excluding carboxylic acids is 1. The van der Waals surface area contributed by atoms with E-state index in [1.165, 1.54) is 0 Å². The summed E-state index contributed by atoms with van der Waals surface area (Å²) in [6.07, 6.45) is 1.62. The highest BCUT2D eigenvalue weighted by Crippen LogP contribution is 2.28. The molecule has 148 valence electrons. The van der Waals surface area contributed by atoms with Crippen molar-refractivity contribution in [3.05, 3.63) is 58.6 Å². The number of benzene rings is 2. The number of nitrogens with zero attached hydrogens (tertiary/aromatic N) is 2. The molecular weight excluding hydrogens is 398 g/mol. The predicted molar refractivity (Wildman–Crippen MR) is 112 cm³/mol. The van der Waals surface area contributed by atoms with Crippen LogP contribution in [0.5, 0.6) is 0 Å². The molecule has 1 amide bonds. The van der Waals surface area contributed by atoms with Crippen LogP contribution in [0.1, 0.15) is 24.5 Å². The number of hydrogen-bond donors (Lipinski definition) is 1. The van der Waals surface area contributed by atoms with E-state index in [0.29, 0.717) is 16.4 Å². The van der Waals surface area contributed by atoms with Crippen molar-refractivity contribution in [1.82, 2.24) is 0 Å². The van der Waals surface area contributed by atoms with E-state index in [1.807, 2.05) is 6.92 Å². The number of rotatable bonds is 7. The Morgan fingerprint density at radius 3 is 2.39 bits per heavy atom. The minimum atomic E-state index is -3.73. The van der Waals surface area contributed by atoms with Crippen LogP contribution in [0.15, 0.2) is 42.5 Å². The van der Waals surface area contributed by atoms with E-state index in [9.17, 15) is 13.2 Å². The van der Waals surface area contributed by atoms with E-state index < -0.39 is 22.0 Å². The molecule has 0 fully saturated rings. The van der Waals surface area contributed by atoms with E-state index in [-0.39, 0.29) is 12.8 Å². The largest absolute Gasteiger partial charge is 0.324 e. The second-order valence-electron chi connectivity index (χ2n) is 6.44. The zero-order valence-corrected chi connectivity index (χ0v) is 17.5. The van der Waals surface area contributed by atoms with Gasteiger partial charge in [-0.1, -0.05) is 36.7 Å². The van der Waals surface area contributed by atoms with Gasteiger partial charge in [0.05, 0.1) is 24.4 Å². The first-order valence-corrected chi connectivity index (χ1v) is 10.9. The van der Waals surface area contributed by atoms with Crippen molar-refractivity contribution in [2.45, 2.75) is 32.7 Å². The van der Waals surface area contributed by atoms with Crippen molar-refractivity contribution in [2.75, 3.05) is 15.9 Å². The molecule has 0 aliphatic heterocycles. The summed E-state index contributed by atoms with van der Waals surface area (Å²) < 4.78 is 26.0. The molecule has 28 heavy (non-hydrogen) atoms. The maximum atomic E-state index is 12.9. The van der Waals surface area contributed by atoms with Crippen LogP contribution in [0.2, 0.25) is 5.02 Å². The number of sulfonamides is 1. The highest BCUT2D eigenvalue weighted by atomic mass is 35.5. The number of halogens is 1. The Morgan fingerprint density at radius 2 is 1.89 bits per heavy atom. The maximum Gasteiger partial charge on any atom is 0.248 e. The number of hydrogen-bond acceptors (Lipinski definition) is 4. The van der Waals surface area contributed by atoms with Crippen molar-refractivity contribution >= 4 is 38.9 Å². The monoisotopic (exact) mass is 419 g/mol. The zero-order valence-electron chi connectivity index (χ0n) is 15.9. The quantitative estimate of drug-likeness (QED) is 0.736. The molecule has 0 unspecified atom stereocenters. The van der Waals surface area contributed by atoms with Crippen molar-refractivity contribution < 1.29 is 13.2 Å². The number of anilines is 2. The highest BCUT2D eigenvalue weighted by molar-refractivity contribution is 7.92. The van der Waals surface area contributed by atoms with Crippen LogP contribution >= 0.6 is 11.6 Å². The predicted octanol–water partition coefficient (Wildman–Crippen LogP) is 3.90. The van der Waals surface area contributed by atoms with E-state index in [1.54, 1.807) is 49.4 Å². The molecule has 6 nitrogen and oxygen atoms in total. The van der Waals surface area contributed by atoms with E-state index in [2.05, 4.69) is 11.4 Å². The second-order valence-corrected chi connectivity index (χ2v) is 8.70. The van der Waals surface area contributed by atoms with Gasteiger partial charge in [0.1, 0.15) is 6.04 Å². The van der Waals surface area contributed by atoms with Gasteiger partial charge in [0.25, 0.3) is 0 Å². The van der Waals surface area contributed by atoms with Gasteiger partial charge in [-0.05, 0) is 48.7 Å². The van der Waals surface area contributed by atoms with Crippen molar-refractivity contribution in [2.24, 2.45) is 0 Å². The fourth-order valence-electron chi connectivity index (χ4n) is 2.80.